The van der Waals surface area contributed by atoms with Crippen LogP contribution in [0.15, 0.2) is 22.9 Å². The zero-order chi connectivity index (χ0) is 12.5. The van der Waals surface area contributed by atoms with E-state index in [1.807, 2.05) is 19.9 Å². The maximum absolute atomic E-state index is 12.3. The van der Waals surface area contributed by atoms with Gasteiger partial charge in [-0.05, 0) is 22.0 Å². The molecule has 2 unspecified atom stereocenters. The lowest BCUT2D eigenvalue weighted by molar-refractivity contribution is 0.0779. The number of hydrogen-bond donors (Lipinski definition) is 0. The Morgan fingerprint density at radius 3 is 2.94 bits per heavy atom. The van der Waals surface area contributed by atoms with Crippen molar-refractivity contribution in [2.75, 3.05) is 6.61 Å². The third-order valence-corrected chi connectivity index (χ3v) is 5.45. The van der Waals surface area contributed by atoms with Gasteiger partial charge in [-0.2, -0.15) is 0 Å². The minimum Gasteiger partial charge on any atom is -0.308 e. The van der Waals surface area contributed by atoms with Crippen LogP contribution in [0, 0.1) is 0 Å². The van der Waals surface area contributed by atoms with Crippen molar-refractivity contribution in [1.29, 1.82) is 0 Å². The molecule has 1 aliphatic rings. The Balaban J connectivity index is 2.21. The molecule has 0 spiro atoms. The maximum Gasteiger partial charge on any atom is 0.333 e. The van der Waals surface area contributed by atoms with Crippen LogP contribution in [0.1, 0.15) is 31.9 Å². The Morgan fingerprint density at radius 2 is 2.29 bits per heavy atom. The third-order valence-electron chi connectivity index (χ3n) is 2.66. The number of hydrogen-bond acceptors (Lipinski definition) is 4. The standard InChI is InChI=1S/C11H15BrNO3P/c1-8(2)17(14)15-4-3-11(16-17)9-5-10(12)7-13-6-9/h5-8,11H,3-4H2,1-2H3. The molecule has 0 saturated carbocycles. The van der Waals surface area contributed by atoms with E-state index in [0.717, 1.165) is 10.0 Å². The number of pyridine rings is 1. The molecule has 1 saturated heterocycles. The topological polar surface area (TPSA) is 48.4 Å². The number of aromatic nitrogens is 1. The van der Waals surface area contributed by atoms with Crippen molar-refractivity contribution in [1.82, 2.24) is 4.98 Å². The summed E-state index contributed by atoms with van der Waals surface area (Å²) in [7, 11) is -2.97. The lowest BCUT2D eigenvalue weighted by Gasteiger charge is -2.32. The van der Waals surface area contributed by atoms with E-state index >= 15 is 0 Å². The summed E-state index contributed by atoms with van der Waals surface area (Å²) >= 11 is 3.37. The molecule has 0 amide bonds. The molecule has 94 valence electrons. The van der Waals surface area contributed by atoms with Crippen LogP contribution in [-0.2, 0) is 13.6 Å². The average molecular weight is 320 g/mol. The lowest BCUT2D eigenvalue weighted by atomic mass is 10.1. The van der Waals surface area contributed by atoms with Crippen LogP contribution in [0.2, 0.25) is 0 Å². The fourth-order valence-corrected chi connectivity index (χ4v) is 3.58. The molecule has 1 fully saturated rings. The Kier molecular flexibility index (Phi) is 4.03. The Bertz CT molecular complexity index is 452. The van der Waals surface area contributed by atoms with Crippen LogP contribution in [0.3, 0.4) is 0 Å². The molecule has 0 N–H and O–H groups in total. The zero-order valence-electron chi connectivity index (χ0n) is 9.80. The summed E-state index contributed by atoms with van der Waals surface area (Å²) in [5.74, 6) is 0. The molecule has 6 heteroatoms. The van der Waals surface area contributed by atoms with Crippen LogP contribution in [0.25, 0.3) is 0 Å². The van der Waals surface area contributed by atoms with E-state index in [0.29, 0.717) is 13.0 Å². The molecule has 2 heterocycles. The second kappa shape index (κ2) is 5.19. The Morgan fingerprint density at radius 1 is 1.53 bits per heavy atom. The van der Waals surface area contributed by atoms with E-state index in [1.165, 1.54) is 0 Å². The highest BCUT2D eigenvalue weighted by Crippen LogP contribution is 2.59. The van der Waals surface area contributed by atoms with Gasteiger partial charge in [0.05, 0.1) is 18.4 Å². The largest absolute Gasteiger partial charge is 0.333 e. The van der Waals surface area contributed by atoms with Crippen molar-refractivity contribution in [2.24, 2.45) is 0 Å². The highest BCUT2D eigenvalue weighted by atomic mass is 79.9. The molecular formula is C11H15BrNO3P. The number of halogens is 1. The fourth-order valence-electron chi connectivity index (χ4n) is 1.65. The van der Waals surface area contributed by atoms with Crippen molar-refractivity contribution in [3.05, 3.63) is 28.5 Å². The van der Waals surface area contributed by atoms with Gasteiger partial charge in [0, 0.05) is 28.9 Å². The molecule has 2 rings (SSSR count). The van der Waals surface area contributed by atoms with Crippen LogP contribution in [0.4, 0.5) is 0 Å². The molecule has 0 bridgehead atoms. The SMILES string of the molecule is CC(C)P1(=O)OCCC(c2cncc(Br)c2)O1. The molecule has 0 aromatic carbocycles. The van der Waals surface area contributed by atoms with Gasteiger partial charge < -0.3 is 9.05 Å². The summed E-state index contributed by atoms with van der Waals surface area (Å²) in [5.41, 5.74) is 0.814. The molecule has 1 aliphatic heterocycles. The molecule has 0 aliphatic carbocycles. The molecule has 1 aromatic rings. The first kappa shape index (κ1) is 13.2. The van der Waals surface area contributed by atoms with Crippen LogP contribution in [-0.4, -0.2) is 17.2 Å². The minimum atomic E-state index is -2.97. The molecule has 1 aromatic heterocycles. The molecule has 0 radical (unpaired) electrons. The Labute approximate surface area is 109 Å². The van der Waals surface area contributed by atoms with E-state index in [1.54, 1.807) is 12.4 Å². The third kappa shape index (κ3) is 2.97. The first-order chi connectivity index (χ1) is 8.01. The fraction of sp³-hybridized carbons (Fsp3) is 0.545. The second-order valence-corrected chi connectivity index (χ2v) is 7.78. The summed E-state index contributed by atoms with van der Waals surface area (Å²) in [4.78, 5) is 4.09. The van der Waals surface area contributed by atoms with E-state index in [9.17, 15) is 4.57 Å². The van der Waals surface area contributed by atoms with E-state index in [2.05, 4.69) is 20.9 Å². The van der Waals surface area contributed by atoms with Crippen molar-refractivity contribution in [3.63, 3.8) is 0 Å². The summed E-state index contributed by atoms with van der Waals surface area (Å²) in [6, 6.07) is 1.94. The van der Waals surface area contributed by atoms with Gasteiger partial charge in [0.15, 0.2) is 0 Å². The molecule has 4 nitrogen and oxygen atoms in total. The molecule has 17 heavy (non-hydrogen) atoms. The van der Waals surface area contributed by atoms with Gasteiger partial charge >= 0.3 is 7.60 Å². The van der Waals surface area contributed by atoms with E-state index in [-0.39, 0.29) is 11.8 Å². The van der Waals surface area contributed by atoms with Crippen molar-refractivity contribution in [2.45, 2.75) is 32.0 Å². The molecular weight excluding hydrogens is 305 g/mol. The van der Waals surface area contributed by atoms with Crippen molar-refractivity contribution < 1.29 is 13.6 Å². The first-order valence-corrected chi connectivity index (χ1v) is 7.95. The van der Waals surface area contributed by atoms with Crippen molar-refractivity contribution in [3.8, 4) is 0 Å². The van der Waals surface area contributed by atoms with Gasteiger partial charge in [-0.3, -0.25) is 9.55 Å². The molecule has 2 atom stereocenters. The maximum atomic E-state index is 12.3. The average Bonchev–Trinajstić information content (AvgIpc) is 2.29. The van der Waals surface area contributed by atoms with Gasteiger partial charge in [0.25, 0.3) is 0 Å². The van der Waals surface area contributed by atoms with E-state index in [4.69, 9.17) is 9.05 Å². The smallest absolute Gasteiger partial charge is 0.308 e. The van der Waals surface area contributed by atoms with Crippen LogP contribution >= 0.6 is 23.5 Å². The van der Waals surface area contributed by atoms with Gasteiger partial charge in [-0.25, -0.2) is 0 Å². The normalized spacial score (nSPS) is 29.5. The second-order valence-electron chi connectivity index (χ2n) is 4.29. The van der Waals surface area contributed by atoms with Gasteiger partial charge in [-0.15, -0.1) is 0 Å². The Hall–Kier alpha value is -0.220. The summed E-state index contributed by atoms with van der Waals surface area (Å²) in [6.07, 6.45) is 3.97. The summed E-state index contributed by atoms with van der Waals surface area (Å²) < 4.78 is 24.2. The van der Waals surface area contributed by atoms with Gasteiger partial charge in [0.2, 0.25) is 0 Å². The highest BCUT2D eigenvalue weighted by Gasteiger charge is 2.37. The van der Waals surface area contributed by atoms with Crippen LogP contribution < -0.4 is 0 Å². The van der Waals surface area contributed by atoms with Crippen molar-refractivity contribution >= 4 is 23.5 Å². The highest BCUT2D eigenvalue weighted by molar-refractivity contribution is 9.10. The lowest BCUT2D eigenvalue weighted by Crippen LogP contribution is -2.18. The zero-order valence-corrected chi connectivity index (χ0v) is 12.3. The van der Waals surface area contributed by atoms with E-state index < -0.39 is 7.60 Å². The van der Waals surface area contributed by atoms with Gasteiger partial charge in [-0.1, -0.05) is 13.8 Å². The summed E-state index contributed by atoms with van der Waals surface area (Å²) in [5, 5.41) is 0. The minimum absolute atomic E-state index is 0.120. The number of nitrogens with zero attached hydrogens (tertiary/aromatic N) is 1. The van der Waals surface area contributed by atoms with Gasteiger partial charge in [0.1, 0.15) is 0 Å². The quantitative estimate of drug-likeness (QED) is 0.775. The predicted octanol–water partition coefficient (Wildman–Crippen LogP) is 3.92. The first-order valence-electron chi connectivity index (χ1n) is 5.54. The van der Waals surface area contributed by atoms with Crippen LogP contribution in [0.5, 0.6) is 0 Å². The monoisotopic (exact) mass is 319 g/mol. The predicted molar refractivity (Wildman–Crippen MR) is 69.1 cm³/mol. The summed E-state index contributed by atoms with van der Waals surface area (Å²) in [6.45, 7) is 4.16. The number of rotatable bonds is 2.